The van der Waals surface area contributed by atoms with Gasteiger partial charge in [-0.2, -0.15) is 5.10 Å². The summed E-state index contributed by atoms with van der Waals surface area (Å²) in [4.78, 5) is 16.2. The van der Waals surface area contributed by atoms with Crippen molar-refractivity contribution in [3.63, 3.8) is 0 Å². The predicted octanol–water partition coefficient (Wildman–Crippen LogP) is 4.41. The van der Waals surface area contributed by atoms with E-state index in [9.17, 15) is 9.90 Å². The Bertz CT molecular complexity index is 1440. The Morgan fingerprint density at radius 2 is 1.81 bits per heavy atom. The van der Waals surface area contributed by atoms with E-state index in [2.05, 4.69) is 33.1 Å². The van der Waals surface area contributed by atoms with E-state index in [1.54, 1.807) is 27.0 Å². The van der Waals surface area contributed by atoms with Crippen LogP contribution in [-0.2, 0) is 12.6 Å². The van der Waals surface area contributed by atoms with Gasteiger partial charge in [-0.3, -0.25) is 9.48 Å². The molecule has 0 radical (unpaired) electrons. The van der Waals surface area contributed by atoms with E-state index in [1.165, 1.54) is 10.7 Å². The molecule has 3 heterocycles. The van der Waals surface area contributed by atoms with Gasteiger partial charge in [0.1, 0.15) is 17.6 Å². The third-order valence-corrected chi connectivity index (χ3v) is 7.03. The van der Waals surface area contributed by atoms with Crippen molar-refractivity contribution in [2.45, 2.75) is 64.2 Å². The van der Waals surface area contributed by atoms with Crippen molar-refractivity contribution < 1.29 is 9.84 Å². The second kappa shape index (κ2) is 9.97. The summed E-state index contributed by atoms with van der Waals surface area (Å²) in [6.07, 6.45) is 5.53. The fourth-order valence-corrected chi connectivity index (χ4v) is 4.96. The number of nitrogens with zero attached hydrogens (tertiary/aromatic N) is 5. The molecule has 194 valence electrons. The third-order valence-electron chi connectivity index (χ3n) is 7.03. The zero-order chi connectivity index (χ0) is 26.2. The monoisotopic (exact) mass is 502 g/mol. The van der Waals surface area contributed by atoms with E-state index in [0.717, 1.165) is 65.8 Å². The number of pyridine rings is 1. The topological polar surface area (TPSA) is 107 Å². The van der Waals surface area contributed by atoms with Crippen LogP contribution in [0.3, 0.4) is 0 Å². The number of aryl methyl sites for hydroxylation is 1. The van der Waals surface area contributed by atoms with Gasteiger partial charge in [0.15, 0.2) is 0 Å². The predicted molar refractivity (Wildman–Crippen MR) is 144 cm³/mol. The van der Waals surface area contributed by atoms with Crippen LogP contribution in [0.5, 0.6) is 5.88 Å². The van der Waals surface area contributed by atoms with Gasteiger partial charge < -0.3 is 15.2 Å². The molecule has 9 heteroatoms. The maximum absolute atomic E-state index is 11.6. The first kappa shape index (κ1) is 25.0. The van der Waals surface area contributed by atoms with Gasteiger partial charge in [0.05, 0.1) is 17.2 Å². The summed E-state index contributed by atoms with van der Waals surface area (Å²) in [5, 5.41) is 24.0. The summed E-state index contributed by atoms with van der Waals surface area (Å²) < 4.78 is 9.53. The van der Waals surface area contributed by atoms with E-state index in [-0.39, 0.29) is 17.7 Å². The largest absolute Gasteiger partial charge is 0.473 e. The molecule has 37 heavy (non-hydrogen) atoms. The first-order chi connectivity index (χ1) is 17.7. The van der Waals surface area contributed by atoms with Gasteiger partial charge in [-0.25, -0.2) is 9.67 Å². The molecule has 1 fully saturated rings. The number of rotatable bonds is 7. The van der Waals surface area contributed by atoms with Crippen LogP contribution in [-0.4, -0.2) is 42.3 Å². The molecule has 3 aromatic heterocycles. The molecule has 0 aliphatic heterocycles. The molecule has 0 atom stereocenters. The lowest BCUT2D eigenvalue weighted by molar-refractivity contribution is 0.0786. The zero-order valence-corrected chi connectivity index (χ0v) is 21.8. The average Bonchev–Trinajstić information content (AvgIpc) is 3.25. The minimum absolute atomic E-state index is 0.0518. The van der Waals surface area contributed by atoms with Gasteiger partial charge in [0, 0.05) is 48.9 Å². The van der Waals surface area contributed by atoms with Crippen molar-refractivity contribution in [3.8, 4) is 17.1 Å². The molecule has 1 saturated carbocycles. The highest BCUT2D eigenvalue weighted by atomic mass is 16.5. The van der Waals surface area contributed by atoms with Gasteiger partial charge in [0.2, 0.25) is 5.88 Å². The Kier molecular flexibility index (Phi) is 6.72. The lowest BCUT2D eigenvalue weighted by Gasteiger charge is -2.29. The standard InChI is InChI=1S/C28H34N6O3/c1-5-29-24-16-23-22(17-30-24)27(18-6-8-19(9-7-18)28(2,3)36)32-34(23)20-10-12-21(13-11-20)37-25-14-15-26(35)33(4)31-25/h6-9,14-17,20-21,36H,5,10-13H2,1-4H3,(H,29,30). The molecular weight excluding hydrogens is 468 g/mol. The quantitative estimate of drug-likeness (QED) is 0.385. The summed E-state index contributed by atoms with van der Waals surface area (Å²) in [5.74, 6) is 1.31. The molecule has 5 rings (SSSR count). The molecule has 0 spiro atoms. The minimum Gasteiger partial charge on any atom is -0.473 e. The Hall–Kier alpha value is -3.72. The second-order valence-electron chi connectivity index (χ2n) is 10.2. The van der Waals surface area contributed by atoms with Crippen LogP contribution in [0.1, 0.15) is 58.1 Å². The van der Waals surface area contributed by atoms with Gasteiger partial charge in [0.25, 0.3) is 5.56 Å². The van der Waals surface area contributed by atoms with E-state index in [1.807, 2.05) is 30.5 Å². The number of hydrogen-bond acceptors (Lipinski definition) is 7. The van der Waals surface area contributed by atoms with Crippen molar-refractivity contribution in [1.29, 1.82) is 0 Å². The molecule has 2 N–H and O–H groups in total. The Morgan fingerprint density at radius 1 is 1.08 bits per heavy atom. The van der Waals surface area contributed by atoms with Crippen LogP contribution in [0.2, 0.25) is 0 Å². The summed E-state index contributed by atoms with van der Waals surface area (Å²) >= 11 is 0. The highest BCUT2D eigenvalue weighted by Crippen LogP contribution is 2.36. The third kappa shape index (κ3) is 5.22. The van der Waals surface area contributed by atoms with E-state index in [0.29, 0.717) is 5.88 Å². The number of ether oxygens (including phenoxy) is 1. The van der Waals surface area contributed by atoms with Crippen molar-refractivity contribution in [2.75, 3.05) is 11.9 Å². The molecule has 4 aromatic rings. The molecule has 0 unspecified atom stereocenters. The summed E-state index contributed by atoms with van der Waals surface area (Å²) in [6.45, 7) is 6.42. The molecule has 1 aromatic carbocycles. The number of anilines is 1. The van der Waals surface area contributed by atoms with Gasteiger partial charge in [-0.05, 0) is 52.0 Å². The van der Waals surface area contributed by atoms with Crippen LogP contribution < -0.4 is 15.6 Å². The molecule has 0 bridgehead atoms. The smallest absolute Gasteiger partial charge is 0.266 e. The summed E-state index contributed by atoms with van der Waals surface area (Å²) in [5.41, 5.74) is 2.74. The maximum Gasteiger partial charge on any atom is 0.266 e. The van der Waals surface area contributed by atoms with E-state index >= 15 is 0 Å². The highest BCUT2D eigenvalue weighted by molar-refractivity contribution is 5.94. The number of nitrogens with one attached hydrogen (secondary N) is 1. The fraction of sp³-hybridized carbons (Fsp3) is 0.429. The Balaban J connectivity index is 1.42. The van der Waals surface area contributed by atoms with Crippen molar-refractivity contribution >= 4 is 16.7 Å². The average molecular weight is 503 g/mol. The maximum atomic E-state index is 11.6. The number of aliphatic hydroxyl groups is 1. The molecule has 9 nitrogen and oxygen atoms in total. The molecule has 0 saturated heterocycles. The van der Waals surface area contributed by atoms with Crippen molar-refractivity contribution in [1.82, 2.24) is 24.5 Å². The van der Waals surface area contributed by atoms with Crippen LogP contribution in [0.15, 0.2) is 53.5 Å². The summed E-state index contributed by atoms with van der Waals surface area (Å²) in [7, 11) is 1.63. The first-order valence-electron chi connectivity index (χ1n) is 12.9. The highest BCUT2D eigenvalue weighted by Gasteiger charge is 2.27. The summed E-state index contributed by atoms with van der Waals surface area (Å²) in [6, 6.07) is 13.4. The lowest BCUT2D eigenvalue weighted by Crippen LogP contribution is -2.27. The van der Waals surface area contributed by atoms with Gasteiger partial charge in [-0.15, -0.1) is 5.10 Å². The van der Waals surface area contributed by atoms with Crippen molar-refractivity contribution in [3.05, 3.63) is 64.6 Å². The van der Waals surface area contributed by atoms with Gasteiger partial charge in [-0.1, -0.05) is 24.3 Å². The molecular formula is C28H34N6O3. The van der Waals surface area contributed by atoms with Gasteiger partial charge >= 0.3 is 0 Å². The number of aromatic nitrogens is 5. The first-order valence-corrected chi connectivity index (χ1v) is 12.9. The number of hydrogen-bond donors (Lipinski definition) is 2. The van der Waals surface area contributed by atoms with Crippen LogP contribution >= 0.6 is 0 Å². The van der Waals surface area contributed by atoms with Crippen molar-refractivity contribution in [2.24, 2.45) is 7.05 Å². The lowest BCUT2D eigenvalue weighted by atomic mass is 9.93. The van der Waals surface area contributed by atoms with Crippen LogP contribution in [0.4, 0.5) is 5.82 Å². The molecule has 1 aliphatic carbocycles. The van der Waals surface area contributed by atoms with E-state index < -0.39 is 5.60 Å². The van der Waals surface area contributed by atoms with Crippen LogP contribution in [0.25, 0.3) is 22.2 Å². The minimum atomic E-state index is -0.896. The SMILES string of the molecule is CCNc1cc2c(cn1)c(-c1ccc(C(C)(C)O)cc1)nn2C1CCC(Oc2ccc(=O)n(C)n2)CC1. The van der Waals surface area contributed by atoms with E-state index in [4.69, 9.17) is 9.84 Å². The number of benzene rings is 1. The zero-order valence-electron chi connectivity index (χ0n) is 21.8. The normalized spacial score (nSPS) is 18.2. The Labute approximate surface area is 216 Å². The van der Waals surface area contributed by atoms with Crippen LogP contribution in [0, 0.1) is 0 Å². The fourth-order valence-electron chi connectivity index (χ4n) is 4.96. The number of fused-ring (bicyclic) bond motifs is 1. The molecule has 0 amide bonds. The molecule has 1 aliphatic rings. The second-order valence-corrected chi connectivity index (χ2v) is 10.2. The Morgan fingerprint density at radius 3 is 2.46 bits per heavy atom.